The fraction of sp³-hybridized carbons (Fsp3) is 0. The van der Waals surface area contributed by atoms with Crippen LogP contribution in [-0.4, -0.2) is 59.4 Å². The Hall–Kier alpha value is -1.05. The Morgan fingerprint density at radius 3 is 0.833 bits per heavy atom. The van der Waals surface area contributed by atoms with Crippen molar-refractivity contribution in [3.8, 4) is 17.2 Å². The molecule has 0 radical (unpaired) electrons. The van der Waals surface area contributed by atoms with Gasteiger partial charge in [-0.25, -0.2) is 13.7 Å². The van der Waals surface area contributed by atoms with Crippen LogP contribution in [0.25, 0.3) is 0 Å². The molecule has 18 heteroatoms. The quantitative estimate of drug-likeness (QED) is 0.160. The van der Waals surface area contributed by atoms with Crippen molar-refractivity contribution in [3.05, 3.63) is 18.2 Å². The average Bonchev–Trinajstić information content (AvgIpc) is 2.18. The first-order chi connectivity index (χ1) is 10.2. The number of hydrogen-bond donors (Lipinski definition) is 12. The van der Waals surface area contributed by atoms with Crippen LogP contribution in [-0.2, 0) is 13.7 Å². The van der Waals surface area contributed by atoms with Gasteiger partial charge in [-0.15, -0.1) is 0 Å². The standard InChI is InChI=1S/C6H6O3.3H3O4P/c7-4-2-1-3-5(8)6(4)9;3*1-5(2,3)4/h1-3,7-9H;3*(H3,1,2,3,4). The van der Waals surface area contributed by atoms with E-state index in [1.165, 1.54) is 18.2 Å². The van der Waals surface area contributed by atoms with Crippen molar-refractivity contribution < 1.29 is 73.1 Å². The number of rotatable bonds is 0. The number of para-hydroxylation sites is 1. The van der Waals surface area contributed by atoms with Crippen LogP contribution in [0.5, 0.6) is 17.2 Å². The first-order valence-electron chi connectivity index (χ1n) is 4.76. The summed E-state index contributed by atoms with van der Waals surface area (Å²) >= 11 is 0. The van der Waals surface area contributed by atoms with Gasteiger partial charge in [0.05, 0.1) is 0 Å². The molecule has 1 aromatic rings. The highest BCUT2D eigenvalue weighted by Crippen LogP contribution is 2.32. The number of benzene rings is 1. The molecule has 0 heterocycles. The molecule has 0 saturated carbocycles. The zero-order valence-corrected chi connectivity index (χ0v) is 13.8. The highest BCUT2D eigenvalue weighted by molar-refractivity contribution is 7.45. The van der Waals surface area contributed by atoms with Crippen LogP contribution in [0.15, 0.2) is 18.2 Å². The zero-order chi connectivity index (χ0) is 20.4. The van der Waals surface area contributed by atoms with Gasteiger partial charge in [0.15, 0.2) is 17.2 Å². The van der Waals surface area contributed by atoms with Gasteiger partial charge in [-0.2, -0.15) is 0 Å². The van der Waals surface area contributed by atoms with Gasteiger partial charge in [0.1, 0.15) is 0 Å². The maximum absolute atomic E-state index is 8.88. The number of aromatic hydroxyl groups is 3. The fourth-order valence-electron chi connectivity index (χ4n) is 0.519. The third-order valence-corrected chi connectivity index (χ3v) is 0.993. The van der Waals surface area contributed by atoms with Crippen molar-refractivity contribution in [2.45, 2.75) is 0 Å². The summed E-state index contributed by atoms with van der Waals surface area (Å²) < 4.78 is 26.6. The highest BCUT2D eigenvalue weighted by atomic mass is 31.2. The Labute approximate surface area is 133 Å². The second kappa shape index (κ2) is 11.5. The van der Waals surface area contributed by atoms with Crippen molar-refractivity contribution in [3.63, 3.8) is 0 Å². The molecule has 1 aromatic carbocycles. The molecule has 0 aliphatic carbocycles. The molecular formula is C6H15O15P3. The number of phenols is 3. The summed E-state index contributed by atoms with van der Waals surface area (Å²) in [5.74, 6) is -1.09. The van der Waals surface area contributed by atoms with Crippen LogP contribution in [0.3, 0.4) is 0 Å². The van der Waals surface area contributed by atoms with Gasteiger partial charge in [0, 0.05) is 0 Å². The van der Waals surface area contributed by atoms with Gasteiger partial charge in [0.25, 0.3) is 0 Å². The lowest BCUT2D eigenvalue weighted by Gasteiger charge is -1.96. The van der Waals surface area contributed by atoms with Crippen LogP contribution in [0.1, 0.15) is 0 Å². The van der Waals surface area contributed by atoms with E-state index in [0.717, 1.165) is 0 Å². The Bertz CT molecular complexity index is 517. The first kappa shape index (κ1) is 27.8. The summed E-state index contributed by atoms with van der Waals surface area (Å²) in [6.45, 7) is 0. The van der Waals surface area contributed by atoms with Gasteiger partial charge in [0.2, 0.25) is 0 Å². The first-order valence-corrected chi connectivity index (χ1v) is 9.46. The van der Waals surface area contributed by atoms with Crippen LogP contribution < -0.4 is 0 Å². The van der Waals surface area contributed by atoms with Gasteiger partial charge >= 0.3 is 23.5 Å². The minimum absolute atomic E-state index is 0.310. The molecule has 0 unspecified atom stereocenters. The van der Waals surface area contributed by atoms with E-state index < -0.39 is 29.2 Å². The van der Waals surface area contributed by atoms with Crippen molar-refractivity contribution in [2.24, 2.45) is 0 Å². The summed E-state index contributed by atoms with van der Waals surface area (Å²) in [4.78, 5) is 64.7. The monoisotopic (exact) mass is 420 g/mol. The molecule has 0 fully saturated rings. The molecule has 0 aliphatic heterocycles. The minimum atomic E-state index is -4.64. The summed E-state index contributed by atoms with van der Waals surface area (Å²) in [7, 11) is -13.9. The summed E-state index contributed by atoms with van der Waals surface area (Å²) in [5, 5.41) is 26.1. The van der Waals surface area contributed by atoms with Crippen LogP contribution in [0.4, 0.5) is 0 Å². The smallest absolute Gasteiger partial charge is 0.466 e. The molecule has 0 amide bonds. The summed E-state index contributed by atoms with van der Waals surface area (Å²) in [5.41, 5.74) is 0. The summed E-state index contributed by atoms with van der Waals surface area (Å²) in [6.07, 6.45) is 0. The van der Waals surface area contributed by atoms with E-state index in [1.54, 1.807) is 0 Å². The van der Waals surface area contributed by atoms with E-state index in [-0.39, 0.29) is 11.5 Å². The van der Waals surface area contributed by atoms with Crippen molar-refractivity contribution in [1.29, 1.82) is 0 Å². The van der Waals surface area contributed by atoms with Crippen molar-refractivity contribution in [2.75, 3.05) is 0 Å². The van der Waals surface area contributed by atoms with E-state index in [4.69, 9.17) is 73.1 Å². The highest BCUT2D eigenvalue weighted by Gasteiger charge is 2.01. The van der Waals surface area contributed by atoms with Crippen molar-refractivity contribution >= 4 is 23.5 Å². The molecule has 0 bridgehead atoms. The SMILES string of the molecule is O=P(O)(O)O.O=P(O)(O)O.O=P(O)(O)O.Oc1cccc(O)c1O. The molecule has 1 rings (SSSR count). The second-order valence-electron chi connectivity index (χ2n) is 3.18. The molecule has 0 saturated heterocycles. The normalized spacial score (nSPS) is 10.9. The van der Waals surface area contributed by atoms with Gasteiger partial charge < -0.3 is 59.4 Å². The molecule has 15 nitrogen and oxygen atoms in total. The van der Waals surface area contributed by atoms with E-state index in [1.807, 2.05) is 0 Å². The predicted octanol–water partition coefficient (Wildman–Crippen LogP) is -1.98. The molecule has 0 aromatic heterocycles. The molecule has 144 valence electrons. The van der Waals surface area contributed by atoms with Crippen LogP contribution >= 0.6 is 23.5 Å². The lowest BCUT2D eigenvalue weighted by molar-refractivity contribution is 0.272. The lowest BCUT2D eigenvalue weighted by Crippen LogP contribution is -1.67. The molecule has 0 spiro atoms. The van der Waals surface area contributed by atoms with Gasteiger partial charge in [-0.3, -0.25) is 0 Å². The Morgan fingerprint density at radius 2 is 0.708 bits per heavy atom. The third-order valence-electron chi connectivity index (χ3n) is 0.993. The minimum Gasteiger partial charge on any atom is -0.504 e. The largest absolute Gasteiger partial charge is 0.504 e. The topological polar surface area (TPSA) is 294 Å². The van der Waals surface area contributed by atoms with Gasteiger partial charge in [-0.05, 0) is 12.1 Å². The zero-order valence-electron chi connectivity index (χ0n) is 11.2. The molecule has 0 aliphatic rings. The van der Waals surface area contributed by atoms with Crippen LogP contribution in [0, 0.1) is 0 Å². The van der Waals surface area contributed by atoms with E-state index in [0.29, 0.717) is 0 Å². The van der Waals surface area contributed by atoms with E-state index in [9.17, 15) is 0 Å². The second-order valence-corrected chi connectivity index (χ2v) is 6.26. The Morgan fingerprint density at radius 1 is 0.542 bits per heavy atom. The summed E-state index contributed by atoms with van der Waals surface area (Å²) in [6, 6.07) is 4.01. The average molecular weight is 420 g/mol. The van der Waals surface area contributed by atoms with Crippen LogP contribution in [0.2, 0.25) is 0 Å². The fourth-order valence-corrected chi connectivity index (χ4v) is 0.519. The van der Waals surface area contributed by atoms with E-state index in [2.05, 4.69) is 0 Å². The third kappa shape index (κ3) is 49.7. The predicted molar refractivity (Wildman–Crippen MR) is 74.2 cm³/mol. The molecular weight excluding hydrogens is 405 g/mol. The lowest BCUT2D eigenvalue weighted by atomic mass is 10.3. The van der Waals surface area contributed by atoms with Gasteiger partial charge in [-0.1, -0.05) is 6.07 Å². The molecule has 24 heavy (non-hydrogen) atoms. The number of hydrogen-bond acceptors (Lipinski definition) is 6. The van der Waals surface area contributed by atoms with E-state index >= 15 is 0 Å². The Balaban J connectivity index is -0.000000259. The number of phenolic OH excluding ortho intramolecular Hbond substituents is 3. The maximum atomic E-state index is 8.88. The Kier molecular flexibility index (Phi) is 13.3. The molecule has 12 N–H and O–H groups in total. The molecule has 0 atom stereocenters. The van der Waals surface area contributed by atoms with Crippen molar-refractivity contribution in [1.82, 2.24) is 0 Å². The number of phosphoric acid groups is 3. The maximum Gasteiger partial charge on any atom is 0.466 e.